The van der Waals surface area contributed by atoms with Gasteiger partial charge in [0.1, 0.15) is 0 Å². The number of carbonyl (C=O) groups excluding carboxylic acids is 1. The van der Waals surface area contributed by atoms with Crippen molar-refractivity contribution in [2.45, 2.75) is 13.5 Å². The Labute approximate surface area is 148 Å². The fourth-order valence-electron chi connectivity index (χ4n) is 2.34. The number of halogens is 5. The summed E-state index contributed by atoms with van der Waals surface area (Å²) in [4.78, 5) is 17.3. The molecule has 1 aromatic carbocycles. The highest BCUT2D eigenvalue weighted by Crippen LogP contribution is 2.25. The van der Waals surface area contributed by atoms with E-state index in [1.165, 1.54) is 28.9 Å². The quantitative estimate of drug-likeness (QED) is 0.458. The van der Waals surface area contributed by atoms with E-state index in [2.05, 4.69) is 10.1 Å². The summed E-state index contributed by atoms with van der Waals surface area (Å²) in [6.07, 6.45) is 1.29. The number of aliphatic imine (C=N–C) groups is 1. The van der Waals surface area contributed by atoms with Gasteiger partial charge in [-0.1, -0.05) is 11.8 Å². The zero-order chi connectivity index (χ0) is 19.0. The van der Waals surface area contributed by atoms with Crippen LogP contribution in [0.15, 0.2) is 17.3 Å². The van der Waals surface area contributed by atoms with E-state index >= 15 is 0 Å². The van der Waals surface area contributed by atoms with E-state index in [-0.39, 0.29) is 17.5 Å². The van der Waals surface area contributed by atoms with E-state index in [1.807, 2.05) is 0 Å². The van der Waals surface area contributed by atoms with Crippen molar-refractivity contribution in [3.63, 3.8) is 0 Å². The SMILES string of the molecule is CCN1C(=O)CSC1=Nc1ccn(Cc2c(F)c(F)c(F)c(F)c2F)n1. The Bertz CT molecular complexity index is 885. The van der Waals surface area contributed by atoms with Gasteiger partial charge in [-0.25, -0.2) is 26.9 Å². The predicted octanol–water partition coefficient (Wildman–Crippen LogP) is 3.21. The smallest absolute Gasteiger partial charge is 0.239 e. The molecule has 0 radical (unpaired) electrons. The Hall–Kier alpha value is -2.43. The topological polar surface area (TPSA) is 50.5 Å². The molecule has 1 amide bonds. The first-order chi connectivity index (χ1) is 12.3. The van der Waals surface area contributed by atoms with Gasteiger partial charge < -0.3 is 0 Å². The van der Waals surface area contributed by atoms with Crippen molar-refractivity contribution in [3.8, 4) is 0 Å². The van der Waals surface area contributed by atoms with Gasteiger partial charge in [0, 0.05) is 18.8 Å². The van der Waals surface area contributed by atoms with Gasteiger partial charge in [0.15, 0.2) is 34.3 Å². The molecule has 0 unspecified atom stereocenters. The Kier molecular flexibility index (Phi) is 4.99. The van der Waals surface area contributed by atoms with Crippen molar-refractivity contribution in [1.82, 2.24) is 14.7 Å². The third-order valence-electron chi connectivity index (χ3n) is 3.63. The summed E-state index contributed by atoms with van der Waals surface area (Å²) in [5, 5.41) is 4.36. The maximum Gasteiger partial charge on any atom is 0.239 e. The summed E-state index contributed by atoms with van der Waals surface area (Å²) in [5.74, 6) is -9.74. The molecule has 11 heteroatoms. The highest BCUT2D eigenvalue weighted by Gasteiger charge is 2.27. The monoisotopic (exact) mass is 390 g/mol. The lowest BCUT2D eigenvalue weighted by atomic mass is 10.1. The van der Waals surface area contributed by atoms with Crippen LogP contribution in [0.4, 0.5) is 27.8 Å². The van der Waals surface area contributed by atoms with E-state index < -0.39 is 41.2 Å². The zero-order valence-corrected chi connectivity index (χ0v) is 14.1. The van der Waals surface area contributed by atoms with Crippen LogP contribution in [-0.2, 0) is 11.3 Å². The van der Waals surface area contributed by atoms with Crippen LogP contribution in [0.5, 0.6) is 0 Å². The van der Waals surface area contributed by atoms with E-state index in [9.17, 15) is 26.7 Å². The highest BCUT2D eigenvalue weighted by atomic mass is 32.2. The Morgan fingerprint density at radius 1 is 1.12 bits per heavy atom. The summed E-state index contributed by atoms with van der Waals surface area (Å²) in [6, 6.07) is 1.40. The number of aromatic nitrogens is 2. The molecule has 26 heavy (non-hydrogen) atoms. The average Bonchev–Trinajstić information content (AvgIpc) is 3.21. The second-order valence-electron chi connectivity index (χ2n) is 5.24. The van der Waals surface area contributed by atoms with Crippen molar-refractivity contribution in [1.29, 1.82) is 0 Å². The van der Waals surface area contributed by atoms with Gasteiger partial charge in [-0.15, -0.1) is 0 Å². The third-order valence-corrected chi connectivity index (χ3v) is 4.59. The first-order valence-corrected chi connectivity index (χ1v) is 8.37. The Morgan fingerprint density at radius 2 is 1.73 bits per heavy atom. The van der Waals surface area contributed by atoms with Gasteiger partial charge in [-0.3, -0.25) is 14.4 Å². The highest BCUT2D eigenvalue weighted by molar-refractivity contribution is 8.15. The summed E-state index contributed by atoms with van der Waals surface area (Å²) >= 11 is 1.22. The minimum Gasteiger partial charge on any atom is -0.291 e. The standard InChI is InChI=1S/C15H11F5N4OS/c1-2-24-9(25)6-26-15(24)21-8-3-4-23(22-8)5-7-10(16)12(18)14(20)13(19)11(7)17/h3-4H,2,5-6H2,1H3. The van der Waals surface area contributed by atoms with Gasteiger partial charge in [0.2, 0.25) is 11.7 Å². The maximum absolute atomic E-state index is 13.7. The number of benzene rings is 1. The molecule has 1 saturated heterocycles. The lowest BCUT2D eigenvalue weighted by Crippen LogP contribution is -2.28. The molecule has 1 aliphatic heterocycles. The van der Waals surface area contributed by atoms with Crippen molar-refractivity contribution >= 4 is 28.7 Å². The molecule has 0 saturated carbocycles. The molecule has 1 aromatic heterocycles. The molecule has 3 rings (SSSR count). The van der Waals surface area contributed by atoms with Crippen LogP contribution in [0.1, 0.15) is 12.5 Å². The van der Waals surface area contributed by atoms with Crippen molar-refractivity contribution in [2.24, 2.45) is 4.99 Å². The Morgan fingerprint density at radius 3 is 2.35 bits per heavy atom. The van der Waals surface area contributed by atoms with Crippen molar-refractivity contribution in [3.05, 3.63) is 46.9 Å². The molecule has 2 aromatic rings. The van der Waals surface area contributed by atoms with Crippen LogP contribution in [-0.4, -0.2) is 38.1 Å². The van der Waals surface area contributed by atoms with Crippen molar-refractivity contribution < 1.29 is 26.7 Å². The molecule has 0 spiro atoms. The fraction of sp³-hybridized carbons (Fsp3) is 0.267. The zero-order valence-electron chi connectivity index (χ0n) is 13.3. The number of amides is 1. The molecule has 0 N–H and O–H groups in total. The number of hydrogen-bond donors (Lipinski definition) is 0. The lowest BCUT2D eigenvalue weighted by Gasteiger charge is -2.11. The molecule has 2 heterocycles. The summed E-state index contributed by atoms with van der Waals surface area (Å²) in [5.41, 5.74) is -0.996. The van der Waals surface area contributed by atoms with Gasteiger partial charge in [-0.05, 0) is 6.92 Å². The Balaban J connectivity index is 1.88. The number of thioether (sulfide) groups is 1. The normalized spacial score (nSPS) is 16.2. The second kappa shape index (κ2) is 7.06. The number of carbonyl (C=O) groups is 1. The summed E-state index contributed by atoms with van der Waals surface area (Å²) in [6.45, 7) is 1.54. The van der Waals surface area contributed by atoms with Gasteiger partial charge in [0.25, 0.3) is 0 Å². The first kappa shape index (κ1) is 18.4. The second-order valence-corrected chi connectivity index (χ2v) is 6.18. The van der Waals surface area contributed by atoms with E-state index in [0.29, 0.717) is 11.7 Å². The molecule has 1 fully saturated rings. The van der Waals surface area contributed by atoms with Crippen molar-refractivity contribution in [2.75, 3.05) is 12.3 Å². The van der Waals surface area contributed by atoms with Crippen LogP contribution in [0, 0.1) is 29.1 Å². The van der Waals surface area contributed by atoms with E-state index in [1.54, 1.807) is 6.92 Å². The van der Waals surface area contributed by atoms with Crippen LogP contribution in [0.3, 0.4) is 0 Å². The molecule has 1 aliphatic rings. The minimum absolute atomic E-state index is 0.0999. The molecule has 0 atom stereocenters. The third kappa shape index (κ3) is 3.18. The van der Waals surface area contributed by atoms with Gasteiger partial charge in [0.05, 0.1) is 17.9 Å². The summed E-state index contributed by atoms with van der Waals surface area (Å²) in [7, 11) is 0. The molecular weight excluding hydrogens is 379 g/mol. The van der Waals surface area contributed by atoms with Gasteiger partial charge >= 0.3 is 0 Å². The van der Waals surface area contributed by atoms with Crippen LogP contribution in [0.2, 0.25) is 0 Å². The average molecular weight is 390 g/mol. The first-order valence-electron chi connectivity index (χ1n) is 7.39. The maximum atomic E-state index is 13.7. The van der Waals surface area contributed by atoms with Crippen LogP contribution in [0.25, 0.3) is 0 Å². The minimum atomic E-state index is -2.21. The number of hydrogen-bond acceptors (Lipinski definition) is 4. The molecule has 0 aliphatic carbocycles. The van der Waals surface area contributed by atoms with Gasteiger partial charge in [-0.2, -0.15) is 5.10 Å². The number of rotatable bonds is 4. The lowest BCUT2D eigenvalue weighted by molar-refractivity contribution is -0.123. The molecule has 0 bridgehead atoms. The van der Waals surface area contributed by atoms with E-state index in [0.717, 1.165) is 4.68 Å². The van der Waals surface area contributed by atoms with Crippen LogP contribution >= 0.6 is 11.8 Å². The van der Waals surface area contributed by atoms with Crippen LogP contribution < -0.4 is 0 Å². The molecular formula is C15H11F5N4OS. The summed E-state index contributed by atoms with van der Waals surface area (Å²) < 4.78 is 68.0. The predicted molar refractivity (Wildman–Crippen MR) is 84.5 cm³/mol. The fourth-order valence-corrected chi connectivity index (χ4v) is 3.29. The molecule has 138 valence electrons. The number of amidine groups is 1. The largest absolute Gasteiger partial charge is 0.291 e. The van der Waals surface area contributed by atoms with E-state index in [4.69, 9.17) is 0 Å². The molecule has 5 nitrogen and oxygen atoms in total. The number of nitrogens with zero attached hydrogens (tertiary/aromatic N) is 4.